The minimum absolute atomic E-state index is 0.121. The number of rotatable bonds is 7. The fraction of sp³-hybridized carbons (Fsp3) is 0.550. The molecule has 2 aromatic rings. The summed E-state index contributed by atoms with van der Waals surface area (Å²) in [5.41, 5.74) is 7.95. The third-order valence-electron chi connectivity index (χ3n) is 4.86. The van der Waals surface area contributed by atoms with E-state index in [1.165, 1.54) is 5.52 Å². The van der Waals surface area contributed by atoms with Crippen molar-refractivity contribution in [3.8, 4) is 0 Å². The van der Waals surface area contributed by atoms with Crippen LogP contribution in [0.25, 0.3) is 10.9 Å². The lowest BCUT2D eigenvalue weighted by Crippen LogP contribution is -2.38. The van der Waals surface area contributed by atoms with Crippen LogP contribution in [-0.4, -0.2) is 54.3 Å². The van der Waals surface area contributed by atoms with Gasteiger partial charge in [-0.3, -0.25) is 9.69 Å². The predicted octanol–water partition coefficient (Wildman–Crippen LogP) is 2.29. The van der Waals surface area contributed by atoms with Crippen molar-refractivity contribution in [2.75, 3.05) is 38.2 Å². The molecule has 26 heavy (non-hydrogen) atoms. The van der Waals surface area contributed by atoms with Crippen molar-refractivity contribution < 1.29 is 9.53 Å². The van der Waals surface area contributed by atoms with Gasteiger partial charge in [0, 0.05) is 49.0 Å². The Kier molecular flexibility index (Phi) is 6.29. The van der Waals surface area contributed by atoms with Gasteiger partial charge in [-0.15, -0.1) is 0 Å². The number of anilines is 1. The molecule has 0 saturated carbocycles. The van der Waals surface area contributed by atoms with Crippen molar-refractivity contribution >= 4 is 22.5 Å². The number of morpholine rings is 1. The van der Waals surface area contributed by atoms with Crippen LogP contribution in [-0.2, 0) is 16.1 Å². The van der Waals surface area contributed by atoms with Gasteiger partial charge in [-0.2, -0.15) is 0 Å². The zero-order chi connectivity index (χ0) is 18.5. The van der Waals surface area contributed by atoms with Crippen molar-refractivity contribution in [3.05, 3.63) is 30.5 Å². The number of benzene rings is 1. The molecule has 1 aliphatic rings. The fourth-order valence-corrected chi connectivity index (χ4v) is 3.40. The second-order valence-electron chi connectivity index (χ2n) is 7.46. The van der Waals surface area contributed by atoms with Gasteiger partial charge in [-0.1, -0.05) is 13.8 Å². The Labute approximate surface area is 155 Å². The molecule has 1 aliphatic heterocycles. The van der Waals surface area contributed by atoms with Crippen molar-refractivity contribution in [1.82, 2.24) is 9.47 Å². The molecule has 1 aromatic carbocycles. The van der Waals surface area contributed by atoms with E-state index in [-0.39, 0.29) is 5.91 Å². The van der Waals surface area contributed by atoms with E-state index in [0.29, 0.717) is 12.3 Å². The Hall–Kier alpha value is -1.89. The molecule has 1 atom stereocenters. The van der Waals surface area contributed by atoms with E-state index in [1.807, 2.05) is 12.1 Å². The fourth-order valence-electron chi connectivity index (χ4n) is 3.40. The highest BCUT2D eigenvalue weighted by atomic mass is 16.5. The molecule has 0 bridgehead atoms. The Morgan fingerprint density at radius 3 is 2.73 bits per heavy atom. The molecule has 3 N–H and O–H groups in total. The molecule has 3 rings (SSSR count). The van der Waals surface area contributed by atoms with Gasteiger partial charge >= 0.3 is 0 Å². The van der Waals surface area contributed by atoms with E-state index in [9.17, 15) is 4.79 Å². The van der Waals surface area contributed by atoms with Crippen LogP contribution >= 0.6 is 0 Å². The van der Waals surface area contributed by atoms with E-state index in [4.69, 9.17) is 10.5 Å². The number of fused-ring (bicyclic) bond motifs is 1. The number of nitrogens with one attached hydrogen (secondary N) is 1. The van der Waals surface area contributed by atoms with Crippen molar-refractivity contribution in [2.24, 2.45) is 11.7 Å². The highest BCUT2D eigenvalue weighted by Gasteiger charge is 2.15. The molecule has 1 fully saturated rings. The first kappa shape index (κ1) is 18.9. The second kappa shape index (κ2) is 8.66. The smallest absolute Gasteiger partial charge is 0.241 e. The lowest BCUT2D eigenvalue weighted by Gasteiger charge is -2.26. The molecule has 1 aromatic heterocycles. The first-order valence-electron chi connectivity index (χ1n) is 9.48. The monoisotopic (exact) mass is 358 g/mol. The Morgan fingerprint density at radius 1 is 1.23 bits per heavy atom. The molecule has 6 heteroatoms. The van der Waals surface area contributed by atoms with Crippen molar-refractivity contribution in [3.63, 3.8) is 0 Å². The molecule has 0 radical (unpaired) electrons. The normalized spacial score (nSPS) is 16.9. The maximum atomic E-state index is 12.2. The molecule has 1 amide bonds. The summed E-state index contributed by atoms with van der Waals surface area (Å²) < 4.78 is 7.66. The number of aromatic nitrogens is 1. The first-order chi connectivity index (χ1) is 12.5. The number of carbonyl (C=O) groups excluding carboxylic acids is 1. The topological polar surface area (TPSA) is 72.5 Å². The Morgan fingerprint density at radius 2 is 2.00 bits per heavy atom. The molecular weight excluding hydrogens is 328 g/mol. The number of hydrogen-bond acceptors (Lipinski definition) is 4. The van der Waals surface area contributed by atoms with E-state index in [2.05, 4.69) is 47.0 Å². The first-order valence-corrected chi connectivity index (χ1v) is 9.48. The van der Waals surface area contributed by atoms with E-state index >= 15 is 0 Å². The Bertz CT molecular complexity index is 734. The quantitative estimate of drug-likeness (QED) is 0.796. The van der Waals surface area contributed by atoms with Crippen molar-refractivity contribution in [2.45, 2.75) is 32.9 Å². The third-order valence-corrected chi connectivity index (χ3v) is 4.86. The maximum Gasteiger partial charge on any atom is 0.241 e. The summed E-state index contributed by atoms with van der Waals surface area (Å²) in [4.78, 5) is 14.6. The SMILES string of the molecule is CC(C)C[C@H](N)C(=O)Nc1ccc2c(ccn2CCN2CCOCC2)c1. The van der Waals surface area contributed by atoms with Crippen LogP contribution in [0.3, 0.4) is 0 Å². The largest absolute Gasteiger partial charge is 0.379 e. The minimum atomic E-state index is -0.469. The lowest BCUT2D eigenvalue weighted by molar-refractivity contribution is -0.117. The standard InChI is InChI=1S/C20H30N4O2/c1-15(2)13-18(21)20(25)22-17-3-4-19-16(14-17)5-6-24(19)8-7-23-9-11-26-12-10-23/h3-6,14-15,18H,7-13,21H2,1-2H3,(H,22,25)/t18-/m0/s1. The number of carbonyl (C=O) groups is 1. The summed E-state index contributed by atoms with van der Waals surface area (Å²) in [5, 5.41) is 4.06. The molecule has 2 heterocycles. The molecule has 0 aliphatic carbocycles. The van der Waals surface area contributed by atoms with Crippen LogP contribution in [0.15, 0.2) is 30.5 Å². The molecule has 1 saturated heterocycles. The van der Waals surface area contributed by atoms with E-state index < -0.39 is 6.04 Å². The van der Waals surface area contributed by atoms with Crippen LogP contribution in [0.4, 0.5) is 5.69 Å². The van der Waals surface area contributed by atoms with E-state index in [0.717, 1.165) is 50.5 Å². The van der Waals surface area contributed by atoms with Gasteiger partial charge < -0.3 is 20.4 Å². The van der Waals surface area contributed by atoms with Gasteiger partial charge in [0.2, 0.25) is 5.91 Å². The summed E-state index contributed by atoms with van der Waals surface area (Å²) in [6.07, 6.45) is 2.80. The van der Waals surface area contributed by atoms with Crippen LogP contribution in [0.2, 0.25) is 0 Å². The zero-order valence-corrected chi connectivity index (χ0v) is 15.8. The number of hydrogen-bond donors (Lipinski definition) is 2. The predicted molar refractivity (Wildman–Crippen MR) is 105 cm³/mol. The van der Waals surface area contributed by atoms with Crippen LogP contribution < -0.4 is 11.1 Å². The summed E-state index contributed by atoms with van der Waals surface area (Å²) in [6.45, 7) is 9.78. The molecule has 142 valence electrons. The van der Waals surface area contributed by atoms with Gasteiger partial charge in [0.1, 0.15) is 0 Å². The number of amides is 1. The van der Waals surface area contributed by atoms with Gasteiger partial charge in [0.15, 0.2) is 0 Å². The van der Waals surface area contributed by atoms with Crippen LogP contribution in [0.5, 0.6) is 0 Å². The highest BCUT2D eigenvalue weighted by Crippen LogP contribution is 2.21. The second-order valence-corrected chi connectivity index (χ2v) is 7.46. The average Bonchev–Trinajstić information content (AvgIpc) is 3.02. The number of nitrogens with two attached hydrogens (primary N) is 1. The number of ether oxygens (including phenoxy) is 1. The Balaban J connectivity index is 1.62. The zero-order valence-electron chi connectivity index (χ0n) is 15.8. The van der Waals surface area contributed by atoms with Gasteiger partial charge in [0.05, 0.1) is 19.3 Å². The summed E-state index contributed by atoms with van der Waals surface area (Å²) in [7, 11) is 0. The third kappa shape index (κ3) is 4.84. The molecule has 0 spiro atoms. The van der Waals surface area contributed by atoms with Crippen molar-refractivity contribution in [1.29, 1.82) is 0 Å². The van der Waals surface area contributed by atoms with E-state index in [1.54, 1.807) is 0 Å². The number of nitrogens with zero attached hydrogens (tertiary/aromatic N) is 2. The molecular formula is C20H30N4O2. The van der Waals surface area contributed by atoms with Gasteiger partial charge in [-0.05, 0) is 36.6 Å². The lowest BCUT2D eigenvalue weighted by atomic mass is 10.0. The summed E-state index contributed by atoms with van der Waals surface area (Å²) in [6, 6.07) is 7.66. The summed E-state index contributed by atoms with van der Waals surface area (Å²) in [5.74, 6) is 0.281. The molecule has 0 unspecified atom stereocenters. The average molecular weight is 358 g/mol. The minimum Gasteiger partial charge on any atom is -0.379 e. The maximum absolute atomic E-state index is 12.2. The van der Waals surface area contributed by atoms with Gasteiger partial charge in [-0.25, -0.2) is 0 Å². The highest BCUT2D eigenvalue weighted by molar-refractivity contribution is 5.96. The van der Waals surface area contributed by atoms with Crippen LogP contribution in [0.1, 0.15) is 20.3 Å². The molecule has 6 nitrogen and oxygen atoms in total. The van der Waals surface area contributed by atoms with Crippen LogP contribution in [0, 0.1) is 5.92 Å². The van der Waals surface area contributed by atoms with Gasteiger partial charge in [0.25, 0.3) is 0 Å². The summed E-state index contributed by atoms with van der Waals surface area (Å²) >= 11 is 0.